The van der Waals surface area contributed by atoms with E-state index in [0.717, 1.165) is 27.6 Å². The number of hydrogen-bond donors (Lipinski definition) is 2. The van der Waals surface area contributed by atoms with E-state index in [4.69, 9.17) is 5.11 Å². The zero-order chi connectivity index (χ0) is 11.4. The van der Waals surface area contributed by atoms with Crippen LogP contribution in [0.5, 0.6) is 0 Å². The molecule has 2 N–H and O–H groups in total. The maximum absolute atomic E-state index is 9.15. The van der Waals surface area contributed by atoms with Crippen LogP contribution >= 0.6 is 31.9 Å². The van der Waals surface area contributed by atoms with Crippen LogP contribution in [-0.2, 0) is 0 Å². The van der Waals surface area contributed by atoms with Crippen LogP contribution in [0.4, 0.5) is 5.69 Å². The third-order valence-corrected chi connectivity index (χ3v) is 3.30. The van der Waals surface area contributed by atoms with Crippen LogP contribution < -0.4 is 5.32 Å². The summed E-state index contributed by atoms with van der Waals surface area (Å²) >= 11 is 7.02. The lowest BCUT2D eigenvalue weighted by Gasteiger charge is -2.12. The van der Waals surface area contributed by atoms with Gasteiger partial charge in [0.05, 0.1) is 11.8 Å². The first kappa shape index (κ1) is 13.0. The van der Waals surface area contributed by atoms with Crippen molar-refractivity contribution in [3.63, 3.8) is 0 Å². The Morgan fingerprint density at radius 2 is 1.87 bits per heavy atom. The Bertz CT molecular complexity index is 316. The second-order valence-electron chi connectivity index (χ2n) is 3.67. The largest absolute Gasteiger partial charge is 0.393 e. The number of aliphatic hydroxyl groups excluding tert-OH is 1. The van der Waals surface area contributed by atoms with Gasteiger partial charge in [0.15, 0.2) is 0 Å². The summed E-state index contributed by atoms with van der Waals surface area (Å²) in [6, 6.07) is 4.13. The quantitative estimate of drug-likeness (QED) is 0.878. The molecule has 0 saturated carbocycles. The van der Waals surface area contributed by atoms with E-state index in [0.29, 0.717) is 0 Å². The summed E-state index contributed by atoms with van der Waals surface area (Å²) in [5.74, 6) is 0. The molecule has 0 amide bonds. The van der Waals surface area contributed by atoms with Crippen LogP contribution in [0.25, 0.3) is 0 Å². The summed E-state index contributed by atoms with van der Waals surface area (Å²) in [7, 11) is 0. The van der Waals surface area contributed by atoms with Gasteiger partial charge in [-0.2, -0.15) is 0 Å². The van der Waals surface area contributed by atoms with Gasteiger partial charge in [0.25, 0.3) is 0 Å². The number of aryl methyl sites for hydroxylation is 1. The molecule has 0 aliphatic rings. The summed E-state index contributed by atoms with van der Waals surface area (Å²) in [6.07, 6.45) is 0.479. The fourth-order valence-corrected chi connectivity index (χ4v) is 2.97. The molecule has 0 saturated heterocycles. The highest BCUT2D eigenvalue weighted by Crippen LogP contribution is 2.32. The molecule has 0 bridgehead atoms. The SMILES string of the molecule is Cc1cc(Br)c(NCCC(C)O)c(Br)c1. The number of rotatable bonds is 4. The molecule has 1 rings (SSSR count). The molecule has 0 spiro atoms. The molecule has 0 fully saturated rings. The Balaban J connectivity index is 2.68. The van der Waals surface area contributed by atoms with E-state index in [1.54, 1.807) is 6.92 Å². The lowest BCUT2D eigenvalue weighted by atomic mass is 10.2. The summed E-state index contributed by atoms with van der Waals surface area (Å²) in [6.45, 7) is 4.61. The lowest BCUT2D eigenvalue weighted by Crippen LogP contribution is -2.10. The van der Waals surface area contributed by atoms with E-state index in [2.05, 4.69) is 56.2 Å². The average molecular weight is 337 g/mol. The minimum atomic E-state index is -0.263. The van der Waals surface area contributed by atoms with Crippen molar-refractivity contribution in [2.75, 3.05) is 11.9 Å². The second-order valence-corrected chi connectivity index (χ2v) is 5.38. The van der Waals surface area contributed by atoms with Gasteiger partial charge in [-0.15, -0.1) is 0 Å². The van der Waals surface area contributed by atoms with Crippen LogP contribution in [0.15, 0.2) is 21.1 Å². The number of aliphatic hydroxyl groups is 1. The molecule has 4 heteroatoms. The van der Waals surface area contributed by atoms with Crippen molar-refractivity contribution in [2.24, 2.45) is 0 Å². The predicted octanol–water partition coefficient (Wildman–Crippen LogP) is 3.70. The van der Waals surface area contributed by atoms with Crippen molar-refractivity contribution in [3.8, 4) is 0 Å². The monoisotopic (exact) mass is 335 g/mol. The van der Waals surface area contributed by atoms with Gasteiger partial charge in [-0.25, -0.2) is 0 Å². The Labute approximate surface area is 107 Å². The summed E-state index contributed by atoms with van der Waals surface area (Å²) in [5.41, 5.74) is 2.25. The van der Waals surface area contributed by atoms with Crippen LogP contribution in [-0.4, -0.2) is 17.8 Å². The molecule has 84 valence electrons. The zero-order valence-corrected chi connectivity index (χ0v) is 12.0. The topological polar surface area (TPSA) is 32.3 Å². The molecule has 0 aliphatic heterocycles. The fourth-order valence-electron chi connectivity index (χ4n) is 1.27. The normalized spacial score (nSPS) is 12.6. The Kier molecular flexibility index (Phi) is 5.09. The number of benzene rings is 1. The lowest BCUT2D eigenvalue weighted by molar-refractivity contribution is 0.188. The Morgan fingerprint density at radius 1 is 1.33 bits per heavy atom. The molecular weight excluding hydrogens is 322 g/mol. The number of nitrogens with one attached hydrogen (secondary N) is 1. The smallest absolute Gasteiger partial charge is 0.0629 e. The highest BCUT2D eigenvalue weighted by molar-refractivity contribution is 9.11. The van der Waals surface area contributed by atoms with Crippen LogP contribution in [0.3, 0.4) is 0 Å². The van der Waals surface area contributed by atoms with Crippen LogP contribution in [0.2, 0.25) is 0 Å². The van der Waals surface area contributed by atoms with E-state index < -0.39 is 0 Å². The molecule has 0 aromatic heterocycles. The Morgan fingerprint density at radius 3 is 2.33 bits per heavy atom. The second kappa shape index (κ2) is 5.87. The van der Waals surface area contributed by atoms with Gasteiger partial charge in [-0.05, 0) is 69.8 Å². The zero-order valence-electron chi connectivity index (χ0n) is 8.85. The molecule has 0 radical (unpaired) electrons. The van der Waals surface area contributed by atoms with Gasteiger partial charge < -0.3 is 10.4 Å². The summed E-state index contributed by atoms with van der Waals surface area (Å²) in [5, 5.41) is 12.4. The average Bonchev–Trinajstić information content (AvgIpc) is 2.08. The third-order valence-electron chi connectivity index (χ3n) is 2.05. The highest BCUT2D eigenvalue weighted by Gasteiger charge is 2.05. The first-order chi connectivity index (χ1) is 7.00. The van der Waals surface area contributed by atoms with Crippen molar-refractivity contribution >= 4 is 37.5 Å². The van der Waals surface area contributed by atoms with Crippen molar-refractivity contribution in [1.29, 1.82) is 0 Å². The highest BCUT2D eigenvalue weighted by atomic mass is 79.9. The molecule has 0 aliphatic carbocycles. The molecule has 0 heterocycles. The molecule has 1 aromatic rings. The first-order valence-corrected chi connectivity index (χ1v) is 6.47. The van der Waals surface area contributed by atoms with Gasteiger partial charge in [-0.1, -0.05) is 0 Å². The standard InChI is InChI=1S/C11H15Br2NO/c1-7-5-9(12)11(10(13)6-7)14-4-3-8(2)15/h5-6,8,14-15H,3-4H2,1-2H3. The fraction of sp³-hybridized carbons (Fsp3) is 0.455. The maximum Gasteiger partial charge on any atom is 0.0629 e. The van der Waals surface area contributed by atoms with Crippen LogP contribution in [0, 0.1) is 6.92 Å². The molecular formula is C11H15Br2NO. The van der Waals surface area contributed by atoms with Gasteiger partial charge in [0, 0.05) is 15.5 Å². The number of hydrogen-bond acceptors (Lipinski definition) is 2. The van der Waals surface area contributed by atoms with E-state index in [9.17, 15) is 0 Å². The van der Waals surface area contributed by atoms with Crippen molar-refractivity contribution in [2.45, 2.75) is 26.4 Å². The van der Waals surface area contributed by atoms with E-state index >= 15 is 0 Å². The van der Waals surface area contributed by atoms with E-state index in [-0.39, 0.29) is 6.10 Å². The van der Waals surface area contributed by atoms with Crippen molar-refractivity contribution < 1.29 is 5.11 Å². The predicted molar refractivity (Wildman–Crippen MR) is 71.4 cm³/mol. The van der Waals surface area contributed by atoms with E-state index in [1.807, 2.05) is 0 Å². The maximum atomic E-state index is 9.15. The van der Waals surface area contributed by atoms with Crippen molar-refractivity contribution in [1.82, 2.24) is 0 Å². The summed E-state index contributed by atoms with van der Waals surface area (Å²) < 4.78 is 2.08. The van der Waals surface area contributed by atoms with Crippen LogP contribution in [0.1, 0.15) is 18.9 Å². The molecule has 15 heavy (non-hydrogen) atoms. The molecule has 1 unspecified atom stereocenters. The number of anilines is 1. The third kappa shape index (κ3) is 4.13. The van der Waals surface area contributed by atoms with E-state index in [1.165, 1.54) is 5.56 Å². The first-order valence-electron chi connectivity index (χ1n) is 4.88. The van der Waals surface area contributed by atoms with Crippen molar-refractivity contribution in [3.05, 3.63) is 26.6 Å². The van der Waals surface area contributed by atoms with Gasteiger partial charge in [0.1, 0.15) is 0 Å². The van der Waals surface area contributed by atoms with Gasteiger partial charge in [-0.3, -0.25) is 0 Å². The van der Waals surface area contributed by atoms with Gasteiger partial charge >= 0.3 is 0 Å². The minimum absolute atomic E-state index is 0.263. The summed E-state index contributed by atoms with van der Waals surface area (Å²) in [4.78, 5) is 0. The minimum Gasteiger partial charge on any atom is -0.393 e. The van der Waals surface area contributed by atoms with Gasteiger partial charge in [0.2, 0.25) is 0 Å². The Hall–Kier alpha value is -0.0600. The molecule has 1 aromatic carbocycles. The molecule has 2 nitrogen and oxygen atoms in total. The number of halogens is 2. The molecule has 1 atom stereocenters.